The fourth-order valence-electron chi connectivity index (χ4n) is 2.48. The van der Waals surface area contributed by atoms with Crippen molar-refractivity contribution in [2.45, 2.75) is 27.7 Å². The average molecular weight is 322 g/mol. The topological polar surface area (TPSA) is 47.6 Å². The van der Waals surface area contributed by atoms with Crippen molar-refractivity contribution in [3.8, 4) is 12.1 Å². The molecule has 22 heavy (non-hydrogen) atoms. The predicted molar refractivity (Wildman–Crippen MR) is 95.4 cm³/mol. The quantitative estimate of drug-likeness (QED) is 0.621. The fourth-order valence-corrected chi connectivity index (χ4v) is 4.74. The molecule has 0 saturated carbocycles. The van der Waals surface area contributed by atoms with Crippen LogP contribution in [0.4, 0.5) is 0 Å². The smallest absolute Gasteiger partial charge is 0.101 e. The van der Waals surface area contributed by atoms with Crippen molar-refractivity contribution in [2.24, 2.45) is 0 Å². The minimum Gasteiger partial charge on any atom is -0.192 e. The van der Waals surface area contributed by atoms with Gasteiger partial charge in [-0.15, -0.1) is 22.7 Å². The largest absolute Gasteiger partial charge is 0.192 e. The standard InChI is InChI=1S/C18H14N2S2/c1-9(2)15-5-11-13(7-19)18-12(6-16(22-18)10(3)4)14(8-20)17(11)21-15/h5-6H,1-4H3. The molecular formula is C18H14N2S2. The predicted octanol–water partition coefficient (Wildman–Crippen LogP) is 4.24. The third-order valence-electron chi connectivity index (χ3n) is 3.67. The molecule has 0 aliphatic carbocycles. The minimum atomic E-state index is 0.699. The summed E-state index contributed by atoms with van der Waals surface area (Å²) in [7, 11) is 0. The van der Waals surface area contributed by atoms with Crippen LogP contribution in [0.5, 0.6) is 0 Å². The second-order valence-electron chi connectivity index (χ2n) is 5.68. The number of nitriles is 2. The Labute approximate surface area is 136 Å². The molecule has 3 rings (SSSR count). The molecule has 0 unspecified atom stereocenters. The summed E-state index contributed by atoms with van der Waals surface area (Å²) >= 11 is 3.21. The van der Waals surface area contributed by atoms with Crippen molar-refractivity contribution in [2.75, 3.05) is 0 Å². The molecule has 0 saturated heterocycles. The van der Waals surface area contributed by atoms with Crippen LogP contribution in [-0.2, 0) is 0 Å². The van der Waals surface area contributed by atoms with Crippen LogP contribution in [0.2, 0.25) is 0 Å². The van der Waals surface area contributed by atoms with Crippen molar-refractivity contribution >= 4 is 54.0 Å². The summed E-state index contributed by atoms with van der Waals surface area (Å²) in [5.74, 6) is 0. The van der Waals surface area contributed by atoms with E-state index in [0.29, 0.717) is 11.1 Å². The van der Waals surface area contributed by atoms with Crippen LogP contribution in [0.1, 0.15) is 38.8 Å². The molecule has 3 aromatic rings. The first-order chi connectivity index (χ1) is 10.5. The Morgan fingerprint density at radius 1 is 0.773 bits per heavy atom. The van der Waals surface area contributed by atoms with Gasteiger partial charge in [-0.3, -0.25) is 0 Å². The summed E-state index contributed by atoms with van der Waals surface area (Å²) < 4.78 is 4.14. The lowest BCUT2D eigenvalue weighted by atomic mass is 10.0. The van der Waals surface area contributed by atoms with E-state index in [-0.39, 0.29) is 0 Å². The summed E-state index contributed by atoms with van der Waals surface area (Å²) in [5.41, 5.74) is 3.81. The molecule has 0 bridgehead atoms. The lowest BCUT2D eigenvalue weighted by Gasteiger charge is -1.99. The van der Waals surface area contributed by atoms with Gasteiger partial charge >= 0.3 is 0 Å². The Bertz CT molecular complexity index is 970. The molecule has 0 aliphatic rings. The Hall–Kier alpha value is -2.14. The first-order valence-electron chi connectivity index (χ1n) is 6.92. The number of rotatable bonds is 0. The Balaban J connectivity index is 2.70. The Morgan fingerprint density at radius 3 is 1.41 bits per heavy atom. The fraction of sp³-hybridized carbons (Fsp3) is 0.222. The van der Waals surface area contributed by atoms with Gasteiger partial charge in [-0.2, -0.15) is 10.5 Å². The average Bonchev–Trinajstić information content (AvgIpc) is 3.08. The number of fused-ring (bicyclic) bond motifs is 2. The van der Waals surface area contributed by atoms with Gasteiger partial charge in [-0.1, -0.05) is 11.1 Å². The molecule has 108 valence electrons. The van der Waals surface area contributed by atoms with Crippen molar-refractivity contribution in [3.05, 3.63) is 32.3 Å². The summed E-state index contributed by atoms with van der Waals surface area (Å²) in [6, 6.07) is 8.82. The maximum Gasteiger partial charge on any atom is 0.101 e. The van der Waals surface area contributed by atoms with E-state index in [4.69, 9.17) is 0 Å². The van der Waals surface area contributed by atoms with Gasteiger partial charge in [-0.05, 0) is 39.8 Å². The van der Waals surface area contributed by atoms with E-state index in [2.05, 4.69) is 52.0 Å². The molecule has 1 aromatic carbocycles. The van der Waals surface area contributed by atoms with Crippen LogP contribution >= 0.6 is 22.7 Å². The minimum absolute atomic E-state index is 0.699. The third kappa shape index (κ3) is 2.04. The molecule has 0 amide bonds. The monoisotopic (exact) mass is 322 g/mol. The lowest BCUT2D eigenvalue weighted by molar-refractivity contribution is 1.51. The molecule has 4 heteroatoms. The number of hydrogen-bond donors (Lipinski definition) is 0. The third-order valence-corrected chi connectivity index (χ3v) is 6.41. The van der Waals surface area contributed by atoms with Crippen LogP contribution in [0.25, 0.3) is 31.3 Å². The zero-order valence-corrected chi connectivity index (χ0v) is 14.5. The second-order valence-corrected chi connectivity index (χ2v) is 7.78. The molecule has 0 aliphatic heterocycles. The van der Waals surface area contributed by atoms with Gasteiger partial charge in [0.25, 0.3) is 0 Å². The van der Waals surface area contributed by atoms with Crippen molar-refractivity contribution in [3.63, 3.8) is 0 Å². The number of benzene rings is 1. The number of thiophene rings is 2. The normalized spacial score (nSPS) is 10.6. The van der Waals surface area contributed by atoms with Gasteiger partial charge in [0.05, 0.1) is 20.5 Å². The van der Waals surface area contributed by atoms with E-state index in [1.807, 2.05) is 0 Å². The van der Waals surface area contributed by atoms with E-state index < -0.39 is 0 Å². The highest BCUT2D eigenvalue weighted by Gasteiger charge is 2.17. The summed E-state index contributed by atoms with van der Waals surface area (Å²) in [5, 5.41) is 21.1. The van der Waals surface area contributed by atoms with Crippen molar-refractivity contribution in [1.29, 1.82) is 10.5 Å². The summed E-state index contributed by atoms with van der Waals surface area (Å²) in [6.45, 7) is 8.22. The maximum absolute atomic E-state index is 9.66. The van der Waals surface area contributed by atoms with Crippen LogP contribution in [0, 0.1) is 22.7 Å². The molecule has 0 fully saturated rings. The molecule has 2 aromatic heterocycles. The van der Waals surface area contributed by atoms with Gasteiger partial charge < -0.3 is 0 Å². The number of nitrogens with zero attached hydrogens (tertiary/aromatic N) is 2. The zero-order chi connectivity index (χ0) is 16.0. The highest BCUT2D eigenvalue weighted by atomic mass is 32.1. The molecule has 0 N–H and O–H groups in total. The first kappa shape index (κ1) is 14.8. The number of hydrogen-bond acceptors (Lipinski definition) is 4. The van der Waals surface area contributed by atoms with Gasteiger partial charge in [0.2, 0.25) is 0 Å². The summed E-state index contributed by atoms with van der Waals surface area (Å²) in [4.78, 5) is 0. The summed E-state index contributed by atoms with van der Waals surface area (Å²) in [6.07, 6.45) is 0. The molecule has 0 atom stereocenters. The van der Waals surface area contributed by atoms with E-state index in [0.717, 1.165) is 29.2 Å². The molecule has 0 radical (unpaired) electrons. The van der Waals surface area contributed by atoms with Gasteiger partial charge in [0, 0.05) is 19.8 Å². The SMILES string of the molecule is CC(C)=c1cc2c(C#N)c3sc(=C(C)C)cc3c(C#N)c2s1. The van der Waals surface area contributed by atoms with Crippen LogP contribution < -0.4 is 9.06 Å². The van der Waals surface area contributed by atoms with E-state index in [1.165, 1.54) is 11.1 Å². The van der Waals surface area contributed by atoms with Gasteiger partial charge in [-0.25, -0.2) is 0 Å². The zero-order valence-electron chi connectivity index (χ0n) is 12.9. The molecule has 0 spiro atoms. The first-order valence-corrected chi connectivity index (χ1v) is 8.55. The molecular weight excluding hydrogens is 308 g/mol. The second kappa shape index (κ2) is 5.25. The van der Waals surface area contributed by atoms with Gasteiger partial charge in [0.15, 0.2) is 0 Å². The van der Waals surface area contributed by atoms with E-state index in [9.17, 15) is 10.5 Å². The van der Waals surface area contributed by atoms with Gasteiger partial charge in [0.1, 0.15) is 12.1 Å². The van der Waals surface area contributed by atoms with Crippen LogP contribution in [0.15, 0.2) is 12.1 Å². The highest BCUT2D eigenvalue weighted by Crippen LogP contribution is 2.35. The molecule has 2 nitrogen and oxygen atoms in total. The van der Waals surface area contributed by atoms with Crippen LogP contribution in [-0.4, -0.2) is 0 Å². The highest BCUT2D eigenvalue weighted by molar-refractivity contribution is 7.19. The Morgan fingerprint density at radius 2 is 1.14 bits per heavy atom. The van der Waals surface area contributed by atoms with Crippen molar-refractivity contribution < 1.29 is 0 Å². The maximum atomic E-state index is 9.66. The van der Waals surface area contributed by atoms with Crippen LogP contribution in [0.3, 0.4) is 0 Å². The van der Waals surface area contributed by atoms with E-state index in [1.54, 1.807) is 22.7 Å². The lowest BCUT2D eigenvalue weighted by Crippen LogP contribution is -1.91. The van der Waals surface area contributed by atoms with Crippen molar-refractivity contribution in [1.82, 2.24) is 0 Å². The Kier molecular flexibility index (Phi) is 3.53. The van der Waals surface area contributed by atoms with E-state index >= 15 is 0 Å². The molecule has 2 heterocycles.